The molecule has 0 atom stereocenters. The normalized spacial score (nSPS) is 11.3. The number of aromatic nitrogens is 2. The van der Waals surface area contributed by atoms with Gasteiger partial charge in [0.15, 0.2) is 0 Å². The molecule has 0 aliphatic rings. The lowest BCUT2D eigenvalue weighted by atomic mass is 10.1. The maximum atomic E-state index is 12.0. The number of benzene rings is 2. The molecule has 0 radical (unpaired) electrons. The van der Waals surface area contributed by atoms with Crippen LogP contribution >= 0.6 is 0 Å². The first-order chi connectivity index (χ1) is 15.6. The molecule has 0 unspecified atom stereocenters. The highest BCUT2D eigenvalue weighted by atomic mass is 16.1. The fourth-order valence-corrected chi connectivity index (χ4v) is 3.46. The molecule has 0 fully saturated rings. The molecule has 1 amide bonds. The van der Waals surface area contributed by atoms with Gasteiger partial charge in [0, 0.05) is 37.6 Å². The Hall–Kier alpha value is -3.18. The highest BCUT2D eigenvalue weighted by Gasteiger charge is 2.01. The molecule has 0 aliphatic carbocycles. The number of likely N-dealkylation sites (N-methyl/N-ethyl adjacent to an activating group) is 1. The van der Waals surface area contributed by atoms with Crippen molar-refractivity contribution in [1.29, 1.82) is 0 Å². The van der Waals surface area contributed by atoms with Gasteiger partial charge in [-0.15, -0.1) is 0 Å². The molecule has 1 heterocycles. The van der Waals surface area contributed by atoms with Gasteiger partial charge in [-0.2, -0.15) is 0 Å². The van der Waals surface area contributed by atoms with Crippen molar-refractivity contribution >= 4 is 12.0 Å². The Labute approximate surface area is 191 Å². The third-order valence-electron chi connectivity index (χ3n) is 5.50. The molecule has 0 spiro atoms. The number of carbonyl (C=O) groups excluding carboxylic acids is 1. The minimum Gasteiger partial charge on any atom is -0.356 e. The second-order valence-corrected chi connectivity index (χ2v) is 8.26. The van der Waals surface area contributed by atoms with Crippen molar-refractivity contribution in [3.63, 3.8) is 0 Å². The number of amides is 1. The second kappa shape index (κ2) is 12.6. The Balaban J connectivity index is 1.24. The van der Waals surface area contributed by atoms with Gasteiger partial charge in [0.05, 0.1) is 6.33 Å². The van der Waals surface area contributed by atoms with Crippen molar-refractivity contribution in [2.24, 2.45) is 0 Å². The molecule has 3 aromatic rings. The lowest BCUT2D eigenvalue weighted by Crippen LogP contribution is -2.26. The van der Waals surface area contributed by atoms with Gasteiger partial charge in [0.1, 0.15) is 0 Å². The number of hydrogen-bond acceptors (Lipinski definition) is 3. The molecule has 168 valence electrons. The predicted molar refractivity (Wildman–Crippen MR) is 132 cm³/mol. The summed E-state index contributed by atoms with van der Waals surface area (Å²) in [4.78, 5) is 18.5. The van der Waals surface area contributed by atoms with Crippen LogP contribution in [0.5, 0.6) is 0 Å². The van der Waals surface area contributed by atoms with Crippen molar-refractivity contribution in [2.75, 3.05) is 26.7 Å². The van der Waals surface area contributed by atoms with Crippen LogP contribution in [0.2, 0.25) is 0 Å². The molecule has 0 bridgehead atoms. The van der Waals surface area contributed by atoms with E-state index in [1.807, 2.05) is 47.2 Å². The molecule has 1 N–H and O–H groups in total. The molecule has 0 saturated carbocycles. The van der Waals surface area contributed by atoms with Crippen molar-refractivity contribution in [2.45, 2.75) is 32.6 Å². The average molecular weight is 431 g/mol. The molecule has 5 nitrogen and oxygen atoms in total. The number of rotatable bonds is 12. The van der Waals surface area contributed by atoms with Crippen LogP contribution in [0.25, 0.3) is 11.8 Å². The summed E-state index contributed by atoms with van der Waals surface area (Å²) in [5, 5.41) is 3.01. The van der Waals surface area contributed by atoms with Gasteiger partial charge in [-0.25, -0.2) is 4.98 Å². The van der Waals surface area contributed by atoms with Crippen molar-refractivity contribution in [3.05, 3.63) is 90.0 Å². The number of unbranched alkanes of at least 4 members (excludes halogenated alkanes) is 1. The standard InChI is InChI=1S/C27H34N4O/c1-23-8-10-25(11-9-23)16-20-30(2)19-4-3-17-29-27(32)7-5-6-24-12-14-26(15-13-24)31-21-18-28-22-31/h5-6,8-15,18,21-22H,3-4,7,16-17,19-20H2,1-2H3,(H,29,32). The summed E-state index contributed by atoms with van der Waals surface area (Å²) in [6, 6.07) is 16.9. The second-order valence-electron chi connectivity index (χ2n) is 8.26. The number of imidazole rings is 1. The number of hydrogen-bond donors (Lipinski definition) is 1. The van der Waals surface area contributed by atoms with Crippen LogP contribution in [-0.4, -0.2) is 47.0 Å². The fraction of sp³-hybridized carbons (Fsp3) is 0.333. The minimum atomic E-state index is 0.0732. The summed E-state index contributed by atoms with van der Waals surface area (Å²) in [5.41, 5.74) is 4.84. The number of aryl methyl sites for hydroxylation is 1. The van der Waals surface area contributed by atoms with Crippen molar-refractivity contribution in [3.8, 4) is 5.69 Å². The zero-order valence-corrected chi connectivity index (χ0v) is 19.2. The molecule has 0 aliphatic heterocycles. The van der Waals surface area contributed by atoms with Crippen LogP contribution in [0, 0.1) is 6.92 Å². The SMILES string of the molecule is Cc1ccc(CCN(C)CCCCNC(=O)CC=Cc2ccc(-n3ccnc3)cc2)cc1. The van der Waals surface area contributed by atoms with Gasteiger partial charge in [0.25, 0.3) is 0 Å². The maximum Gasteiger partial charge on any atom is 0.223 e. The molecule has 2 aromatic carbocycles. The lowest BCUT2D eigenvalue weighted by molar-refractivity contribution is -0.120. The van der Waals surface area contributed by atoms with Crippen LogP contribution in [0.15, 0.2) is 73.3 Å². The van der Waals surface area contributed by atoms with Crippen LogP contribution in [-0.2, 0) is 11.2 Å². The van der Waals surface area contributed by atoms with E-state index in [0.29, 0.717) is 6.42 Å². The first-order valence-electron chi connectivity index (χ1n) is 11.4. The van der Waals surface area contributed by atoms with E-state index in [2.05, 4.69) is 53.4 Å². The van der Waals surface area contributed by atoms with E-state index in [9.17, 15) is 4.79 Å². The van der Waals surface area contributed by atoms with Gasteiger partial charge in [-0.05, 0) is 63.0 Å². The van der Waals surface area contributed by atoms with E-state index in [-0.39, 0.29) is 5.91 Å². The van der Waals surface area contributed by atoms with E-state index >= 15 is 0 Å². The van der Waals surface area contributed by atoms with Crippen molar-refractivity contribution in [1.82, 2.24) is 19.8 Å². The highest BCUT2D eigenvalue weighted by Crippen LogP contribution is 2.11. The van der Waals surface area contributed by atoms with E-state index in [1.54, 1.807) is 12.5 Å². The Bertz CT molecular complexity index is 960. The Morgan fingerprint density at radius 2 is 1.84 bits per heavy atom. The maximum absolute atomic E-state index is 12.0. The van der Waals surface area contributed by atoms with Gasteiger partial charge in [0.2, 0.25) is 5.91 Å². The van der Waals surface area contributed by atoms with Crippen molar-refractivity contribution < 1.29 is 4.79 Å². The molecular formula is C27H34N4O. The van der Waals surface area contributed by atoms with E-state index in [4.69, 9.17) is 0 Å². The molecule has 5 heteroatoms. The topological polar surface area (TPSA) is 50.2 Å². The quantitative estimate of drug-likeness (QED) is 0.425. The smallest absolute Gasteiger partial charge is 0.223 e. The summed E-state index contributed by atoms with van der Waals surface area (Å²) >= 11 is 0. The van der Waals surface area contributed by atoms with Gasteiger partial charge in [-0.3, -0.25) is 4.79 Å². The first kappa shape index (κ1) is 23.5. The van der Waals surface area contributed by atoms with Gasteiger partial charge >= 0.3 is 0 Å². The third kappa shape index (κ3) is 8.16. The number of carbonyl (C=O) groups is 1. The Morgan fingerprint density at radius 3 is 2.56 bits per heavy atom. The van der Waals surface area contributed by atoms with E-state index < -0.39 is 0 Å². The minimum absolute atomic E-state index is 0.0732. The van der Waals surface area contributed by atoms with E-state index in [0.717, 1.165) is 50.1 Å². The van der Waals surface area contributed by atoms with Crippen LogP contribution in [0.3, 0.4) is 0 Å². The summed E-state index contributed by atoms with van der Waals surface area (Å²) in [5.74, 6) is 0.0732. The highest BCUT2D eigenvalue weighted by molar-refractivity contribution is 5.78. The molecule has 32 heavy (non-hydrogen) atoms. The number of nitrogens with one attached hydrogen (secondary N) is 1. The first-order valence-corrected chi connectivity index (χ1v) is 11.4. The number of nitrogens with zero attached hydrogens (tertiary/aromatic N) is 3. The largest absolute Gasteiger partial charge is 0.356 e. The van der Waals surface area contributed by atoms with Crippen LogP contribution < -0.4 is 5.32 Å². The molecular weight excluding hydrogens is 396 g/mol. The molecule has 1 aromatic heterocycles. The lowest BCUT2D eigenvalue weighted by Gasteiger charge is -2.16. The molecule has 3 rings (SSSR count). The fourth-order valence-electron chi connectivity index (χ4n) is 3.46. The van der Waals surface area contributed by atoms with E-state index in [1.165, 1.54) is 11.1 Å². The zero-order valence-electron chi connectivity index (χ0n) is 19.2. The Morgan fingerprint density at radius 1 is 1.06 bits per heavy atom. The predicted octanol–water partition coefficient (Wildman–Crippen LogP) is 4.65. The summed E-state index contributed by atoms with van der Waals surface area (Å²) in [6.45, 7) is 4.96. The zero-order chi connectivity index (χ0) is 22.6. The monoisotopic (exact) mass is 430 g/mol. The Kier molecular flexibility index (Phi) is 9.26. The van der Waals surface area contributed by atoms with Crippen LogP contribution in [0.1, 0.15) is 36.0 Å². The van der Waals surface area contributed by atoms with Gasteiger partial charge < -0.3 is 14.8 Å². The summed E-state index contributed by atoms with van der Waals surface area (Å²) < 4.78 is 1.96. The molecule has 0 saturated heterocycles. The summed E-state index contributed by atoms with van der Waals surface area (Å²) in [7, 11) is 2.17. The third-order valence-corrected chi connectivity index (χ3v) is 5.50. The van der Waals surface area contributed by atoms with Crippen LogP contribution in [0.4, 0.5) is 0 Å². The summed E-state index contributed by atoms with van der Waals surface area (Å²) in [6.07, 6.45) is 12.9. The average Bonchev–Trinajstić information content (AvgIpc) is 3.34. The van der Waals surface area contributed by atoms with Gasteiger partial charge in [-0.1, -0.05) is 54.1 Å².